The fourth-order valence-corrected chi connectivity index (χ4v) is 3.71. The molecule has 12 heteroatoms. The van der Waals surface area contributed by atoms with Gasteiger partial charge in [-0.3, -0.25) is 9.19 Å². The van der Waals surface area contributed by atoms with Gasteiger partial charge in [-0.1, -0.05) is 0 Å². The van der Waals surface area contributed by atoms with Crippen LogP contribution in [0.15, 0.2) is 29.6 Å². The van der Waals surface area contributed by atoms with Gasteiger partial charge in [-0.25, -0.2) is 4.98 Å². The van der Waals surface area contributed by atoms with E-state index in [9.17, 15) is 4.21 Å². The Morgan fingerprint density at radius 1 is 1.10 bits per heavy atom. The van der Waals surface area contributed by atoms with Crippen LogP contribution in [0.1, 0.15) is 19.7 Å². The van der Waals surface area contributed by atoms with E-state index in [-0.39, 0.29) is 53.6 Å². The number of imidazole rings is 1. The third-order valence-corrected chi connectivity index (χ3v) is 5.06. The molecule has 9 N–H and O–H groups in total. The molecule has 0 amide bonds. The molecule has 29 heavy (non-hydrogen) atoms. The normalized spacial score (nSPS) is 10.2. The molecule has 3 aromatic rings. The molecule has 0 saturated carbocycles. The van der Waals surface area contributed by atoms with Gasteiger partial charge >= 0.3 is 23.1 Å². The summed E-state index contributed by atoms with van der Waals surface area (Å²) in [5.74, 6) is 1.79. The number of rotatable bonds is 5. The Balaban J connectivity index is -0.000000322. The van der Waals surface area contributed by atoms with Crippen LogP contribution in [-0.2, 0) is 16.6 Å². The molecule has 0 aliphatic rings. The van der Waals surface area contributed by atoms with Crippen molar-refractivity contribution < 1.29 is 38.4 Å². The molecule has 2 heterocycles. The number of nitrogens with zero attached hydrogens (tertiary/aromatic N) is 2. The average Bonchev–Trinajstić information content (AvgIpc) is 3.01. The van der Waals surface area contributed by atoms with E-state index in [2.05, 4.69) is 15.0 Å². The van der Waals surface area contributed by atoms with Gasteiger partial charge in [0.25, 0.3) is 0 Å². The molecule has 10 nitrogen and oxygen atoms in total. The predicted octanol–water partition coefficient (Wildman–Crippen LogP) is -0.555. The van der Waals surface area contributed by atoms with Crippen molar-refractivity contribution in [1.29, 1.82) is 0 Å². The summed E-state index contributed by atoms with van der Waals surface area (Å²) >= 11 is 0. The van der Waals surface area contributed by atoms with Crippen LogP contribution in [0.3, 0.4) is 0 Å². The van der Waals surface area contributed by atoms with E-state index < -0.39 is 10.8 Å². The van der Waals surface area contributed by atoms with E-state index in [1.165, 1.54) is 0 Å². The topological polar surface area (TPSA) is 203 Å². The first-order chi connectivity index (χ1) is 11.5. The van der Waals surface area contributed by atoms with Crippen LogP contribution in [0, 0.1) is 13.8 Å². The van der Waals surface area contributed by atoms with Crippen molar-refractivity contribution in [3.05, 3.63) is 41.2 Å². The molecule has 0 aliphatic carbocycles. The first kappa shape index (κ1) is 31.9. The smallest absolute Gasteiger partial charge is 1.00 e. The van der Waals surface area contributed by atoms with Gasteiger partial charge < -0.3 is 39.2 Å². The van der Waals surface area contributed by atoms with Gasteiger partial charge in [0.2, 0.25) is 0 Å². The summed E-state index contributed by atoms with van der Waals surface area (Å²) in [5, 5.41) is 0.430. The zero-order valence-corrected chi connectivity index (χ0v) is 19.0. The number of aromatic amines is 1. The first-order valence-corrected chi connectivity index (χ1v) is 8.76. The number of pyridine rings is 1. The van der Waals surface area contributed by atoms with Crippen molar-refractivity contribution in [3.8, 4) is 11.5 Å². The van der Waals surface area contributed by atoms with Crippen molar-refractivity contribution in [2.24, 2.45) is 0 Å². The Kier molecular flexibility index (Phi) is 14.8. The standard InChI is InChI=1S/C17H19N3O3S.Mg.4H2O.2H/c1-10-8-18-15(11(2)16(10)23-4)9-24(21)17-19-13-6-5-12(22-3)7-14(13)20-17;;;;;;;/h5-8H,9H2,1-4H3,(H,19,20);;4*1H2;;/q;+2;;;;;2*-1. The van der Waals surface area contributed by atoms with Gasteiger partial charge in [-0.15, -0.1) is 0 Å². The van der Waals surface area contributed by atoms with E-state index in [1.807, 2.05) is 32.0 Å². The largest absolute Gasteiger partial charge is 2.00 e. The number of aromatic nitrogens is 3. The van der Waals surface area contributed by atoms with Crippen LogP contribution >= 0.6 is 0 Å². The van der Waals surface area contributed by atoms with E-state index in [0.29, 0.717) is 5.16 Å². The van der Waals surface area contributed by atoms with E-state index in [1.54, 1.807) is 20.4 Å². The van der Waals surface area contributed by atoms with Gasteiger partial charge in [0.1, 0.15) is 11.5 Å². The Morgan fingerprint density at radius 3 is 2.34 bits per heavy atom. The summed E-state index contributed by atoms with van der Waals surface area (Å²) < 4.78 is 23.3. The molecule has 0 bridgehead atoms. The van der Waals surface area contributed by atoms with Crippen LogP contribution in [0.2, 0.25) is 0 Å². The van der Waals surface area contributed by atoms with Gasteiger partial charge in [0.05, 0.1) is 47.5 Å². The molecule has 3 rings (SSSR count). The molecule has 162 valence electrons. The van der Waals surface area contributed by atoms with Crippen LogP contribution in [0.4, 0.5) is 0 Å². The minimum absolute atomic E-state index is 0. The Bertz CT molecular complexity index is 947. The molecule has 0 fully saturated rings. The number of ether oxygens (including phenoxy) is 2. The quantitative estimate of drug-likeness (QED) is 0.513. The van der Waals surface area contributed by atoms with Crippen molar-refractivity contribution in [2.75, 3.05) is 14.2 Å². The second kappa shape index (κ2) is 13.4. The maximum absolute atomic E-state index is 12.7. The number of hydrogen-bond acceptors (Lipinski definition) is 5. The monoisotopic (exact) mass is 443 g/mol. The van der Waals surface area contributed by atoms with E-state index >= 15 is 0 Å². The third-order valence-electron chi connectivity index (χ3n) is 3.90. The number of nitrogens with one attached hydrogen (secondary N) is 1. The Labute approximate surface area is 189 Å². The number of methoxy groups -OCH3 is 2. The minimum Gasteiger partial charge on any atom is -1.00 e. The summed E-state index contributed by atoms with van der Waals surface area (Å²) in [5.41, 5.74) is 4.16. The fourth-order valence-electron chi connectivity index (χ4n) is 2.61. The van der Waals surface area contributed by atoms with Gasteiger partial charge in [-0.05, 0) is 26.0 Å². The number of fused-ring (bicyclic) bond motifs is 1. The minimum atomic E-state index is -1.33. The zero-order chi connectivity index (χ0) is 17.3. The number of benzene rings is 1. The van der Waals surface area contributed by atoms with Crippen molar-refractivity contribution in [1.82, 2.24) is 15.0 Å². The molecule has 1 unspecified atom stereocenters. The van der Waals surface area contributed by atoms with E-state index in [0.717, 1.165) is 39.4 Å². The van der Waals surface area contributed by atoms with Gasteiger partial charge in [0, 0.05) is 23.4 Å². The fraction of sp³-hybridized carbons (Fsp3) is 0.294. The molecule has 0 aliphatic heterocycles. The number of hydrogen-bond donors (Lipinski definition) is 1. The van der Waals surface area contributed by atoms with Crippen molar-refractivity contribution in [3.63, 3.8) is 0 Å². The van der Waals surface area contributed by atoms with Crippen LogP contribution in [0.25, 0.3) is 11.0 Å². The maximum atomic E-state index is 12.7. The first-order valence-electron chi connectivity index (χ1n) is 7.44. The van der Waals surface area contributed by atoms with Crippen LogP contribution in [0.5, 0.6) is 11.5 Å². The second-order valence-electron chi connectivity index (χ2n) is 5.46. The number of aryl methyl sites for hydroxylation is 1. The third kappa shape index (κ3) is 6.60. The molecular weight excluding hydrogens is 415 g/mol. The average molecular weight is 444 g/mol. The Hall–Kier alpha value is -1.80. The van der Waals surface area contributed by atoms with Crippen LogP contribution in [-0.4, -0.2) is 78.3 Å². The zero-order valence-electron chi connectivity index (χ0n) is 18.8. The van der Waals surface area contributed by atoms with Crippen LogP contribution < -0.4 is 9.47 Å². The molecular formula is C17H29MgN3O7S. The summed E-state index contributed by atoms with van der Waals surface area (Å²) in [6.45, 7) is 3.86. The van der Waals surface area contributed by atoms with Crippen molar-refractivity contribution in [2.45, 2.75) is 24.8 Å². The Morgan fingerprint density at radius 2 is 1.76 bits per heavy atom. The summed E-state index contributed by atoms with van der Waals surface area (Å²) in [7, 11) is 1.91. The SMILES string of the molecule is COc1ccc2nc(S(=O)Cc3ncc(C)c(OC)c3C)[nH]c2c1.O.O.O.O.[H-].[H-].[Mg+2]. The van der Waals surface area contributed by atoms with Gasteiger partial charge in [0.15, 0.2) is 5.16 Å². The molecule has 2 aromatic heterocycles. The molecule has 0 spiro atoms. The van der Waals surface area contributed by atoms with Crippen molar-refractivity contribution >= 4 is 44.9 Å². The maximum Gasteiger partial charge on any atom is 2.00 e. The summed E-state index contributed by atoms with van der Waals surface area (Å²) in [4.78, 5) is 11.9. The number of H-pyrrole nitrogens is 1. The van der Waals surface area contributed by atoms with Gasteiger partial charge in [-0.2, -0.15) is 0 Å². The summed E-state index contributed by atoms with van der Waals surface area (Å²) in [6, 6.07) is 5.50. The molecule has 1 aromatic carbocycles. The second-order valence-corrected chi connectivity index (χ2v) is 6.83. The molecule has 0 saturated heterocycles. The van der Waals surface area contributed by atoms with E-state index in [4.69, 9.17) is 9.47 Å². The predicted molar refractivity (Wildman–Crippen MR) is 115 cm³/mol. The summed E-state index contributed by atoms with van der Waals surface area (Å²) in [6.07, 6.45) is 1.74. The molecule has 1 atom stereocenters. The molecule has 0 radical (unpaired) electrons.